The Morgan fingerprint density at radius 2 is 1.88 bits per heavy atom. The third-order valence-corrected chi connectivity index (χ3v) is 7.04. The van der Waals surface area contributed by atoms with Gasteiger partial charge < -0.3 is 15.7 Å². The minimum atomic E-state index is -0.281. The molecule has 2 amide bonds. The number of aromatic nitrogens is 5. The highest BCUT2D eigenvalue weighted by atomic mass is 32.1. The molecule has 5 aromatic heterocycles. The van der Waals surface area contributed by atoms with Crippen LogP contribution < -0.4 is 10.6 Å². The zero-order valence-corrected chi connectivity index (χ0v) is 25.2. The van der Waals surface area contributed by atoms with E-state index < -0.39 is 0 Å². The second-order valence-electron chi connectivity index (χ2n) is 10.2. The van der Waals surface area contributed by atoms with Crippen LogP contribution in [0.4, 0.5) is 0 Å². The molecule has 0 atom stereocenters. The molecule has 0 unspecified atom stereocenters. The van der Waals surface area contributed by atoms with Gasteiger partial charge in [0.2, 0.25) is 0 Å². The molecule has 11 heteroatoms. The monoisotopic (exact) mass is 587 g/mol. The summed E-state index contributed by atoms with van der Waals surface area (Å²) in [5.41, 5.74) is 4.41. The third-order valence-electron chi connectivity index (χ3n) is 6.35. The van der Waals surface area contributed by atoms with Gasteiger partial charge in [-0.05, 0) is 67.0 Å². The molecule has 0 aliphatic rings. The average Bonchev–Trinajstić information content (AvgIpc) is 3.76. The van der Waals surface area contributed by atoms with Crippen molar-refractivity contribution in [1.29, 1.82) is 0 Å². The van der Waals surface area contributed by atoms with E-state index in [0.29, 0.717) is 54.0 Å². The van der Waals surface area contributed by atoms with Crippen LogP contribution in [-0.4, -0.2) is 54.2 Å². The highest BCUT2D eigenvalue weighted by Gasteiger charge is 2.24. The molecule has 0 aromatic carbocycles. The maximum Gasteiger partial charge on any atom is 0.270 e. The van der Waals surface area contributed by atoms with E-state index in [0.717, 1.165) is 29.7 Å². The van der Waals surface area contributed by atoms with Gasteiger partial charge in [0, 0.05) is 49.2 Å². The summed E-state index contributed by atoms with van der Waals surface area (Å²) in [6, 6.07) is 11.1. The number of aryl methyl sites for hydroxylation is 1. The molecule has 0 bridgehead atoms. The molecule has 42 heavy (non-hydrogen) atoms. The molecule has 0 fully saturated rings. The molecule has 0 spiro atoms. The molecule has 0 aliphatic carbocycles. The molecular formula is C31H37N7O3S. The number of carbonyl (C=O) groups is 2. The number of hydrogen-bond donors (Lipinski definition) is 3. The molecule has 10 nitrogen and oxygen atoms in total. The Bertz CT molecular complexity index is 1600. The van der Waals surface area contributed by atoms with Crippen LogP contribution in [0.15, 0.2) is 65.7 Å². The van der Waals surface area contributed by atoms with Gasteiger partial charge >= 0.3 is 0 Å². The first-order valence-electron chi connectivity index (χ1n) is 14.0. The quantitative estimate of drug-likeness (QED) is 0.210. The summed E-state index contributed by atoms with van der Waals surface area (Å²) in [6.45, 7) is 9.28. The number of pyridine rings is 2. The number of rotatable bonds is 10. The molecule has 0 saturated heterocycles. The largest absolute Gasteiger partial charge is 0.396 e. The van der Waals surface area contributed by atoms with Crippen molar-refractivity contribution in [2.24, 2.45) is 5.92 Å². The first-order chi connectivity index (χ1) is 20.3. The summed E-state index contributed by atoms with van der Waals surface area (Å²) in [6.07, 6.45) is 7.10. The highest BCUT2D eigenvalue weighted by Crippen LogP contribution is 2.28. The fraction of sp³-hybridized carbons (Fsp3) is 0.323. The first-order valence-corrected chi connectivity index (χ1v) is 14.9. The van der Waals surface area contributed by atoms with Crippen LogP contribution in [0.25, 0.3) is 22.7 Å². The Labute approximate surface area is 249 Å². The van der Waals surface area contributed by atoms with Crippen molar-refractivity contribution in [3.63, 3.8) is 0 Å². The van der Waals surface area contributed by atoms with Crippen LogP contribution in [0.3, 0.4) is 0 Å². The van der Waals surface area contributed by atoms with Crippen molar-refractivity contribution >= 4 is 28.8 Å². The molecule has 5 aromatic rings. The number of amides is 2. The van der Waals surface area contributed by atoms with E-state index in [1.807, 2.05) is 55.1 Å². The van der Waals surface area contributed by atoms with Crippen LogP contribution in [0.1, 0.15) is 65.7 Å². The van der Waals surface area contributed by atoms with Gasteiger partial charge in [0.1, 0.15) is 11.4 Å². The zero-order valence-electron chi connectivity index (χ0n) is 24.4. The lowest BCUT2D eigenvalue weighted by atomic mass is 10.1. The summed E-state index contributed by atoms with van der Waals surface area (Å²) in [7, 11) is 0. The number of aliphatic hydroxyl groups excluding tert-OH is 1. The zero-order chi connectivity index (χ0) is 30.1. The van der Waals surface area contributed by atoms with Crippen molar-refractivity contribution in [2.45, 2.75) is 47.1 Å². The van der Waals surface area contributed by atoms with Gasteiger partial charge in [-0.15, -0.1) is 0 Å². The topological polar surface area (TPSA) is 126 Å². The van der Waals surface area contributed by atoms with E-state index in [-0.39, 0.29) is 11.8 Å². The number of fused-ring (bicyclic) bond motifs is 1. The van der Waals surface area contributed by atoms with E-state index >= 15 is 0 Å². The van der Waals surface area contributed by atoms with Crippen LogP contribution in [-0.2, 0) is 6.54 Å². The Hall–Kier alpha value is -4.35. The van der Waals surface area contributed by atoms with Crippen molar-refractivity contribution in [2.75, 3.05) is 13.2 Å². The van der Waals surface area contributed by atoms with Crippen LogP contribution >= 0.6 is 11.3 Å². The summed E-state index contributed by atoms with van der Waals surface area (Å²) >= 11 is 1.53. The fourth-order valence-electron chi connectivity index (χ4n) is 4.10. The lowest BCUT2D eigenvalue weighted by molar-refractivity contribution is 0.0938. The van der Waals surface area contributed by atoms with E-state index in [9.17, 15) is 9.59 Å². The molecule has 220 valence electrons. The molecule has 3 N–H and O–H groups in total. The standard InChI is InChI=1S/C28H29N7O2S.C3H8O/c1-18(2)8-11-29-28(37)25-24(21-10-14-38-17-21)32-26-22(5-4-12-34(25)26)27(36)31-16-20-6-7-23(30-15-20)35-13-9-19(3)33-35;1-2-3-4/h4-7,9-10,12-15,17-18H,8,11,16H2,1-3H3,(H,29,37)(H,31,36);4H,2-3H2,1H3. The average molecular weight is 588 g/mol. The Morgan fingerprint density at radius 1 is 1.07 bits per heavy atom. The molecule has 0 radical (unpaired) electrons. The number of aliphatic hydroxyl groups is 1. The van der Waals surface area contributed by atoms with Crippen molar-refractivity contribution in [3.05, 3.63) is 88.3 Å². The maximum absolute atomic E-state index is 13.3. The van der Waals surface area contributed by atoms with Crippen LogP contribution in [0.5, 0.6) is 0 Å². The molecule has 5 heterocycles. The molecule has 0 saturated carbocycles. The normalized spacial score (nSPS) is 10.9. The van der Waals surface area contributed by atoms with E-state index in [1.165, 1.54) is 11.3 Å². The predicted molar refractivity (Wildman–Crippen MR) is 165 cm³/mol. The van der Waals surface area contributed by atoms with Crippen molar-refractivity contribution < 1.29 is 14.7 Å². The van der Waals surface area contributed by atoms with Crippen molar-refractivity contribution in [3.8, 4) is 17.1 Å². The summed E-state index contributed by atoms with van der Waals surface area (Å²) in [4.78, 5) is 35.7. The van der Waals surface area contributed by atoms with Gasteiger partial charge in [0.05, 0.1) is 11.3 Å². The van der Waals surface area contributed by atoms with Gasteiger partial charge in [0.15, 0.2) is 11.5 Å². The number of thiophene rings is 1. The molecular weight excluding hydrogens is 550 g/mol. The van der Waals surface area contributed by atoms with Crippen LogP contribution in [0.2, 0.25) is 0 Å². The lowest BCUT2D eigenvalue weighted by Gasteiger charge is -2.09. The lowest BCUT2D eigenvalue weighted by Crippen LogP contribution is -2.27. The van der Waals surface area contributed by atoms with Gasteiger partial charge in [0.25, 0.3) is 11.8 Å². The number of hydrogen-bond acceptors (Lipinski definition) is 7. The number of carbonyl (C=O) groups excluding carboxylic acids is 2. The van der Waals surface area contributed by atoms with Gasteiger partial charge in [-0.25, -0.2) is 14.6 Å². The smallest absolute Gasteiger partial charge is 0.270 e. The minimum Gasteiger partial charge on any atom is -0.396 e. The summed E-state index contributed by atoms with van der Waals surface area (Å²) < 4.78 is 3.41. The predicted octanol–water partition coefficient (Wildman–Crippen LogP) is 5.05. The maximum atomic E-state index is 13.3. The summed E-state index contributed by atoms with van der Waals surface area (Å²) in [5, 5.41) is 22.1. The van der Waals surface area contributed by atoms with E-state index in [2.05, 4.69) is 34.6 Å². The fourth-order valence-corrected chi connectivity index (χ4v) is 4.74. The highest BCUT2D eigenvalue weighted by molar-refractivity contribution is 7.08. The Balaban J connectivity index is 0.000000952. The minimum absolute atomic E-state index is 0.213. The van der Waals surface area contributed by atoms with Gasteiger partial charge in [-0.2, -0.15) is 16.4 Å². The van der Waals surface area contributed by atoms with E-state index in [1.54, 1.807) is 33.6 Å². The van der Waals surface area contributed by atoms with E-state index in [4.69, 9.17) is 10.1 Å². The first kappa shape index (κ1) is 30.6. The van der Waals surface area contributed by atoms with Crippen molar-refractivity contribution in [1.82, 2.24) is 34.8 Å². The Morgan fingerprint density at radius 3 is 2.50 bits per heavy atom. The number of imidazole rings is 1. The van der Waals surface area contributed by atoms with Crippen LogP contribution in [0, 0.1) is 12.8 Å². The second kappa shape index (κ2) is 14.5. The third kappa shape index (κ3) is 7.48. The van der Waals surface area contributed by atoms with Gasteiger partial charge in [-0.3, -0.25) is 14.0 Å². The Kier molecular flexibility index (Phi) is 10.6. The molecule has 5 rings (SSSR count). The number of nitrogens with zero attached hydrogens (tertiary/aromatic N) is 5. The van der Waals surface area contributed by atoms with Gasteiger partial charge in [-0.1, -0.05) is 26.8 Å². The number of nitrogens with one attached hydrogen (secondary N) is 2. The second-order valence-corrected chi connectivity index (χ2v) is 11.0. The summed E-state index contributed by atoms with van der Waals surface area (Å²) in [5.74, 6) is 0.687. The molecule has 0 aliphatic heterocycles. The SMILES string of the molecule is CCCO.Cc1ccn(-c2ccc(CNC(=O)c3cccn4c(C(=O)NCCC(C)C)c(-c5ccsc5)nc34)cn2)n1.